The summed E-state index contributed by atoms with van der Waals surface area (Å²) in [6, 6.07) is 6.96. The Morgan fingerprint density at radius 2 is 2.00 bits per heavy atom. The number of nitrogens with zero attached hydrogens (tertiary/aromatic N) is 1. The van der Waals surface area contributed by atoms with E-state index in [1.807, 2.05) is 0 Å². The van der Waals surface area contributed by atoms with Gasteiger partial charge in [-0.15, -0.1) is 0 Å². The van der Waals surface area contributed by atoms with Crippen molar-refractivity contribution in [3.8, 4) is 5.75 Å². The lowest BCUT2D eigenvalue weighted by Gasteiger charge is -2.07. The number of amides is 1. The minimum atomic E-state index is -0.726. The molecule has 2 aromatic carbocycles. The number of nitro benzene ring substituents is 1. The van der Waals surface area contributed by atoms with E-state index < -0.39 is 22.3 Å². The number of hydrogen-bond acceptors (Lipinski definition) is 4. The van der Waals surface area contributed by atoms with Crippen LogP contribution in [0.3, 0.4) is 0 Å². The molecule has 0 aromatic heterocycles. The van der Waals surface area contributed by atoms with E-state index in [1.54, 1.807) is 0 Å². The highest BCUT2D eigenvalue weighted by molar-refractivity contribution is 9.10. The average molecular weight is 355 g/mol. The number of halogens is 2. The van der Waals surface area contributed by atoms with E-state index in [0.29, 0.717) is 0 Å². The predicted molar refractivity (Wildman–Crippen MR) is 76.8 cm³/mol. The molecule has 0 saturated carbocycles. The number of hydrogen-bond donors (Lipinski definition) is 2. The van der Waals surface area contributed by atoms with Crippen LogP contribution in [0.2, 0.25) is 0 Å². The van der Waals surface area contributed by atoms with E-state index in [0.717, 1.165) is 12.1 Å². The van der Waals surface area contributed by atoms with Crippen molar-refractivity contribution in [1.82, 2.24) is 0 Å². The Kier molecular flexibility index (Phi) is 4.18. The topological polar surface area (TPSA) is 92.5 Å². The first kappa shape index (κ1) is 14.9. The Bertz CT molecular complexity index is 736. The van der Waals surface area contributed by atoms with Gasteiger partial charge in [0.05, 0.1) is 15.5 Å². The molecule has 0 bridgehead atoms. The van der Waals surface area contributed by atoms with Crippen molar-refractivity contribution in [3.05, 3.63) is 62.4 Å². The molecule has 8 heteroatoms. The van der Waals surface area contributed by atoms with Gasteiger partial charge in [-0.1, -0.05) is 0 Å². The third kappa shape index (κ3) is 3.34. The zero-order valence-corrected chi connectivity index (χ0v) is 11.9. The van der Waals surface area contributed by atoms with Gasteiger partial charge in [0.2, 0.25) is 0 Å². The third-order valence-electron chi connectivity index (χ3n) is 2.61. The van der Waals surface area contributed by atoms with Crippen LogP contribution < -0.4 is 5.32 Å². The number of rotatable bonds is 3. The van der Waals surface area contributed by atoms with Gasteiger partial charge in [0.1, 0.15) is 17.3 Å². The molecule has 6 nitrogen and oxygen atoms in total. The summed E-state index contributed by atoms with van der Waals surface area (Å²) in [4.78, 5) is 22.1. The van der Waals surface area contributed by atoms with E-state index >= 15 is 0 Å². The van der Waals surface area contributed by atoms with Crippen molar-refractivity contribution in [2.75, 3.05) is 5.32 Å². The highest BCUT2D eigenvalue weighted by atomic mass is 79.9. The normalized spacial score (nSPS) is 10.2. The second kappa shape index (κ2) is 5.88. The van der Waals surface area contributed by atoms with Crippen LogP contribution in [0.5, 0.6) is 5.75 Å². The number of carbonyl (C=O) groups is 1. The zero-order chi connectivity index (χ0) is 15.6. The Balaban J connectivity index is 2.31. The van der Waals surface area contributed by atoms with Crippen LogP contribution in [0, 0.1) is 15.9 Å². The quantitative estimate of drug-likeness (QED) is 0.501. The molecule has 0 heterocycles. The summed E-state index contributed by atoms with van der Waals surface area (Å²) in [5.74, 6) is -1.45. The van der Waals surface area contributed by atoms with Gasteiger partial charge in [-0.2, -0.15) is 0 Å². The zero-order valence-electron chi connectivity index (χ0n) is 10.3. The monoisotopic (exact) mass is 354 g/mol. The smallest absolute Gasteiger partial charge is 0.296 e. The maximum Gasteiger partial charge on any atom is 0.296 e. The van der Waals surface area contributed by atoms with Crippen LogP contribution >= 0.6 is 15.9 Å². The van der Waals surface area contributed by atoms with Gasteiger partial charge >= 0.3 is 0 Å². The Labute approximate surface area is 126 Å². The largest absolute Gasteiger partial charge is 0.508 e. The molecule has 1 amide bonds. The van der Waals surface area contributed by atoms with Crippen molar-refractivity contribution in [2.24, 2.45) is 0 Å². The molecule has 0 fully saturated rings. The van der Waals surface area contributed by atoms with Crippen molar-refractivity contribution in [1.29, 1.82) is 0 Å². The maximum atomic E-state index is 13.1. The van der Waals surface area contributed by atoms with E-state index in [1.165, 1.54) is 24.3 Å². The standard InChI is InChI=1S/C13H8BrFN2O4/c14-9-5-7(1-3-10(9)15)13(19)16-11-4-2-8(18)6-12(11)17(20)21/h1-6,18H,(H,16,19). The van der Waals surface area contributed by atoms with Crippen LogP contribution in [0.4, 0.5) is 15.8 Å². The maximum absolute atomic E-state index is 13.1. The SMILES string of the molecule is O=C(Nc1ccc(O)cc1[N+](=O)[O-])c1ccc(F)c(Br)c1. The van der Waals surface area contributed by atoms with Crippen molar-refractivity contribution in [3.63, 3.8) is 0 Å². The Morgan fingerprint density at radius 1 is 1.29 bits per heavy atom. The van der Waals surface area contributed by atoms with E-state index in [9.17, 15) is 24.4 Å². The number of nitrogens with one attached hydrogen (secondary N) is 1. The summed E-state index contributed by atoms with van der Waals surface area (Å²) < 4.78 is 13.2. The molecule has 21 heavy (non-hydrogen) atoms. The second-order valence-electron chi connectivity index (χ2n) is 4.04. The van der Waals surface area contributed by atoms with Gasteiger partial charge in [0.25, 0.3) is 11.6 Å². The summed E-state index contributed by atoms with van der Waals surface area (Å²) in [6.07, 6.45) is 0. The summed E-state index contributed by atoms with van der Waals surface area (Å²) >= 11 is 2.95. The molecular weight excluding hydrogens is 347 g/mol. The molecule has 2 N–H and O–H groups in total. The number of phenolic OH excluding ortho intramolecular Hbond substituents is 1. The first-order valence-corrected chi connectivity index (χ1v) is 6.41. The lowest BCUT2D eigenvalue weighted by Crippen LogP contribution is -2.13. The Morgan fingerprint density at radius 3 is 2.62 bits per heavy atom. The van der Waals surface area contributed by atoms with Gasteiger partial charge in [-0.05, 0) is 46.3 Å². The van der Waals surface area contributed by atoms with Gasteiger partial charge in [-0.25, -0.2) is 4.39 Å². The summed E-state index contributed by atoms with van der Waals surface area (Å²) in [6.45, 7) is 0. The number of aromatic hydroxyl groups is 1. The first-order valence-electron chi connectivity index (χ1n) is 5.62. The molecule has 0 spiro atoms. The van der Waals surface area contributed by atoms with Gasteiger partial charge in [0.15, 0.2) is 0 Å². The molecule has 0 radical (unpaired) electrons. The van der Waals surface area contributed by atoms with Crippen LogP contribution in [-0.4, -0.2) is 15.9 Å². The number of carbonyl (C=O) groups excluding carboxylic acids is 1. The van der Waals surface area contributed by atoms with Crippen molar-refractivity contribution in [2.45, 2.75) is 0 Å². The fourth-order valence-corrected chi connectivity index (χ4v) is 1.99. The predicted octanol–water partition coefficient (Wildman–Crippen LogP) is 3.45. The third-order valence-corrected chi connectivity index (χ3v) is 3.22. The Hall–Kier alpha value is -2.48. The molecule has 0 atom stereocenters. The van der Waals surface area contributed by atoms with Crippen LogP contribution in [0.1, 0.15) is 10.4 Å². The number of nitro groups is 1. The molecule has 108 valence electrons. The van der Waals surface area contributed by atoms with Gasteiger partial charge < -0.3 is 10.4 Å². The highest BCUT2D eigenvalue weighted by Gasteiger charge is 2.18. The van der Waals surface area contributed by atoms with E-state index in [-0.39, 0.29) is 21.5 Å². The average Bonchev–Trinajstić information content (AvgIpc) is 2.43. The lowest BCUT2D eigenvalue weighted by atomic mass is 10.2. The molecule has 0 unspecified atom stereocenters. The molecule has 0 aliphatic carbocycles. The molecule has 0 saturated heterocycles. The fourth-order valence-electron chi connectivity index (χ4n) is 1.61. The first-order chi connectivity index (χ1) is 9.88. The summed E-state index contributed by atoms with van der Waals surface area (Å²) in [5.41, 5.74) is -0.376. The van der Waals surface area contributed by atoms with Crippen LogP contribution in [0.25, 0.3) is 0 Å². The molecule has 2 rings (SSSR count). The van der Waals surface area contributed by atoms with E-state index in [2.05, 4.69) is 21.2 Å². The van der Waals surface area contributed by atoms with Gasteiger partial charge in [-0.3, -0.25) is 14.9 Å². The number of benzene rings is 2. The lowest BCUT2D eigenvalue weighted by molar-refractivity contribution is -0.384. The van der Waals surface area contributed by atoms with Crippen molar-refractivity contribution < 1.29 is 19.2 Å². The molecular formula is C13H8BrFN2O4. The minimum absolute atomic E-state index is 0.0664. The van der Waals surface area contributed by atoms with E-state index in [4.69, 9.17) is 0 Å². The molecule has 0 aliphatic heterocycles. The second-order valence-corrected chi connectivity index (χ2v) is 4.90. The highest BCUT2D eigenvalue weighted by Crippen LogP contribution is 2.29. The van der Waals surface area contributed by atoms with Crippen LogP contribution in [-0.2, 0) is 0 Å². The summed E-state index contributed by atoms with van der Waals surface area (Å²) in [5, 5.41) is 22.5. The number of phenols is 1. The molecule has 0 aliphatic rings. The fraction of sp³-hybridized carbons (Fsp3) is 0. The van der Waals surface area contributed by atoms with Crippen molar-refractivity contribution >= 4 is 33.2 Å². The van der Waals surface area contributed by atoms with Gasteiger partial charge in [0, 0.05) is 5.56 Å². The minimum Gasteiger partial charge on any atom is -0.508 e. The summed E-state index contributed by atoms with van der Waals surface area (Å²) in [7, 11) is 0. The van der Waals surface area contributed by atoms with Crippen LogP contribution in [0.15, 0.2) is 40.9 Å². The number of anilines is 1. The molecule has 2 aromatic rings.